The molecule has 1 aromatic heterocycles. The molecule has 1 amide bonds. The number of hydrogen-bond acceptors (Lipinski definition) is 3. The molecule has 21 heavy (non-hydrogen) atoms. The highest BCUT2D eigenvalue weighted by atomic mass is 32.2. The molecular weight excluding hydrogens is 287 g/mol. The fraction of sp³-hybridized carbons (Fsp3) is 0.250. The number of hydrogen-bond donors (Lipinski definition) is 1. The van der Waals surface area contributed by atoms with E-state index in [0.717, 1.165) is 18.4 Å². The van der Waals surface area contributed by atoms with Gasteiger partial charge in [0.05, 0.1) is 11.8 Å². The third-order valence-corrected chi connectivity index (χ3v) is 4.82. The van der Waals surface area contributed by atoms with Crippen molar-refractivity contribution in [2.24, 2.45) is 0 Å². The Labute approximate surface area is 127 Å². The van der Waals surface area contributed by atoms with Crippen molar-refractivity contribution in [2.75, 3.05) is 12.3 Å². The van der Waals surface area contributed by atoms with Crippen molar-refractivity contribution in [2.45, 2.75) is 11.7 Å². The molecule has 0 saturated heterocycles. The van der Waals surface area contributed by atoms with Crippen LogP contribution in [0.25, 0.3) is 0 Å². The van der Waals surface area contributed by atoms with Crippen LogP contribution in [0, 0.1) is 5.82 Å². The zero-order chi connectivity index (χ0) is 14.7. The molecule has 5 heteroatoms. The fourth-order valence-electron chi connectivity index (χ4n) is 2.49. The van der Waals surface area contributed by atoms with Crippen LogP contribution in [0.15, 0.2) is 42.7 Å². The molecule has 1 atom stereocenters. The first kappa shape index (κ1) is 14.1. The van der Waals surface area contributed by atoms with Gasteiger partial charge in [-0.25, -0.2) is 4.39 Å². The molecule has 2 aromatic rings. The molecule has 0 aliphatic carbocycles. The molecule has 0 spiro atoms. The maximum absolute atomic E-state index is 13.5. The average Bonchev–Trinajstić information content (AvgIpc) is 2.53. The Hall–Kier alpha value is -1.88. The van der Waals surface area contributed by atoms with Crippen molar-refractivity contribution >= 4 is 17.7 Å². The molecule has 0 radical (unpaired) electrons. The first-order valence-electron chi connectivity index (χ1n) is 6.83. The predicted molar refractivity (Wildman–Crippen MR) is 81.9 cm³/mol. The second-order valence-corrected chi connectivity index (χ2v) is 6.18. The summed E-state index contributed by atoms with van der Waals surface area (Å²) in [5.74, 6) is 0.0616. The Morgan fingerprint density at radius 3 is 3.10 bits per heavy atom. The molecule has 0 fully saturated rings. The number of amides is 1. The number of halogens is 1. The van der Waals surface area contributed by atoms with E-state index in [-0.39, 0.29) is 10.8 Å². The summed E-state index contributed by atoms with van der Waals surface area (Å²) in [6, 6.07) is 9.68. The lowest BCUT2D eigenvalue weighted by molar-refractivity contribution is 0.0949. The van der Waals surface area contributed by atoms with E-state index in [9.17, 15) is 9.18 Å². The number of fused-ring (bicyclic) bond motifs is 1. The van der Waals surface area contributed by atoms with Crippen LogP contribution in [0.5, 0.6) is 0 Å². The topological polar surface area (TPSA) is 42.0 Å². The third-order valence-electron chi connectivity index (χ3n) is 3.56. The number of nitrogens with one attached hydrogen (secondary N) is 1. The summed E-state index contributed by atoms with van der Waals surface area (Å²) in [6.07, 6.45) is 3.53. The van der Waals surface area contributed by atoms with E-state index in [2.05, 4.69) is 22.4 Å². The van der Waals surface area contributed by atoms with E-state index in [1.807, 2.05) is 23.9 Å². The van der Waals surface area contributed by atoms with Crippen LogP contribution >= 0.6 is 11.8 Å². The molecule has 0 unspecified atom stereocenters. The lowest BCUT2D eigenvalue weighted by atomic mass is 10.0. The summed E-state index contributed by atoms with van der Waals surface area (Å²) in [7, 11) is 0. The van der Waals surface area contributed by atoms with Crippen molar-refractivity contribution in [3.8, 4) is 0 Å². The molecule has 1 aliphatic rings. The Kier molecular flexibility index (Phi) is 4.20. The van der Waals surface area contributed by atoms with Crippen molar-refractivity contribution in [1.29, 1.82) is 0 Å². The van der Waals surface area contributed by atoms with Crippen LogP contribution in [-0.2, 0) is 6.42 Å². The van der Waals surface area contributed by atoms with Gasteiger partial charge in [-0.15, -0.1) is 0 Å². The number of benzene rings is 1. The zero-order valence-electron chi connectivity index (χ0n) is 11.4. The van der Waals surface area contributed by atoms with Gasteiger partial charge in [0.1, 0.15) is 0 Å². The summed E-state index contributed by atoms with van der Waals surface area (Å²) < 4.78 is 13.5. The second-order valence-electron chi connectivity index (χ2n) is 4.87. The van der Waals surface area contributed by atoms with Gasteiger partial charge in [0.15, 0.2) is 5.82 Å². The van der Waals surface area contributed by atoms with Gasteiger partial charge >= 0.3 is 0 Å². The van der Waals surface area contributed by atoms with Gasteiger partial charge in [-0.1, -0.05) is 24.3 Å². The number of pyridine rings is 1. The van der Waals surface area contributed by atoms with Crippen LogP contribution in [0.3, 0.4) is 0 Å². The van der Waals surface area contributed by atoms with E-state index in [1.165, 1.54) is 23.4 Å². The largest absolute Gasteiger partial charge is 0.350 e. The number of carbonyl (C=O) groups is 1. The van der Waals surface area contributed by atoms with E-state index in [4.69, 9.17) is 0 Å². The number of carbonyl (C=O) groups excluding carboxylic acids is 1. The summed E-state index contributed by atoms with van der Waals surface area (Å²) in [5, 5.41) is 3.05. The normalized spacial score (nSPS) is 17.1. The summed E-state index contributed by atoms with van der Waals surface area (Å²) >= 11 is 1.83. The standard InChI is InChI=1S/C16H15FN2OS/c17-14-9-18-7-5-13(14)16(20)19-10-15-12-4-2-1-3-11(12)6-8-21-15/h1-5,7,9,15H,6,8,10H2,(H,19,20)/t15-/m0/s1. The monoisotopic (exact) mass is 302 g/mol. The summed E-state index contributed by atoms with van der Waals surface area (Å²) in [6.45, 7) is 0.502. The molecule has 3 nitrogen and oxygen atoms in total. The van der Waals surface area contributed by atoms with Crippen LogP contribution in [0.1, 0.15) is 26.7 Å². The molecule has 0 saturated carbocycles. The Balaban J connectivity index is 1.69. The maximum Gasteiger partial charge on any atom is 0.254 e. The van der Waals surface area contributed by atoms with Gasteiger partial charge in [0.2, 0.25) is 0 Å². The summed E-state index contributed by atoms with van der Waals surface area (Å²) in [4.78, 5) is 15.7. The SMILES string of the molecule is O=C(NC[C@@H]1SCCc2ccccc21)c1ccncc1F. The Bertz CT molecular complexity index is 662. The maximum atomic E-state index is 13.5. The molecule has 108 valence electrons. The highest BCUT2D eigenvalue weighted by Gasteiger charge is 2.21. The lowest BCUT2D eigenvalue weighted by Gasteiger charge is -2.25. The Morgan fingerprint density at radius 1 is 1.38 bits per heavy atom. The van der Waals surface area contributed by atoms with Crippen LogP contribution < -0.4 is 5.32 Å². The van der Waals surface area contributed by atoms with E-state index in [1.54, 1.807) is 0 Å². The second kappa shape index (κ2) is 6.26. The molecule has 3 rings (SSSR count). The highest BCUT2D eigenvalue weighted by molar-refractivity contribution is 7.99. The van der Waals surface area contributed by atoms with Crippen LogP contribution in [0.2, 0.25) is 0 Å². The minimum absolute atomic E-state index is 0.0408. The van der Waals surface area contributed by atoms with Crippen LogP contribution in [0.4, 0.5) is 4.39 Å². The molecule has 0 bridgehead atoms. The van der Waals surface area contributed by atoms with Gasteiger partial charge < -0.3 is 5.32 Å². The quantitative estimate of drug-likeness (QED) is 0.948. The van der Waals surface area contributed by atoms with Gasteiger partial charge in [0.25, 0.3) is 5.91 Å². The smallest absolute Gasteiger partial charge is 0.254 e. The number of nitrogens with zero attached hydrogens (tertiary/aromatic N) is 1. The number of thioether (sulfide) groups is 1. The number of aromatic nitrogens is 1. The van der Waals surface area contributed by atoms with Gasteiger partial charge in [-0.3, -0.25) is 9.78 Å². The first-order valence-corrected chi connectivity index (χ1v) is 7.87. The molecule has 1 aromatic carbocycles. The van der Waals surface area contributed by atoms with Crippen molar-refractivity contribution < 1.29 is 9.18 Å². The minimum atomic E-state index is -0.591. The average molecular weight is 302 g/mol. The molecular formula is C16H15FN2OS. The number of rotatable bonds is 3. The van der Waals surface area contributed by atoms with Crippen LogP contribution in [-0.4, -0.2) is 23.2 Å². The minimum Gasteiger partial charge on any atom is -0.350 e. The van der Waals surface area contributed by atoms with E-state index < -0.39 is 11.7 Å². The zero-order valence-corrected chi connectivity index (χ0v) is 12.2. The van der Waals surface area contributed by atoms with Gasteiger partial charge in [-0.05, 0) is 29.4 Å². The highest BCUT2D eigenvalue weighted by Crippen LogP contribution is 2.35. The van der Waals surface area contributed by atoms with E-state index >= 15 is 0 Å². The number of aryl methyl sites for hydroxylation is 1. The molecule has 1 aliphatic heterocycles. The Morgan fingerprint density at radius 2 is 2.24 bits per heavy atom. The predicted octanol–water partition coefficient (Wildman–Crippen LogP) is 2.98. The third kappa shape index (κ3) is 3.08. The lowest BCUT2D eigenvalue weighted by Crippen LogP contribution is -2.29. The first-order chi connectivity index (χ1) is 10.3. The van der Waals surface area contributed by atoms with Crippen molar-refractivity contribution in [3.05, 3.63) is 65.2 Å². The van der Waals surface area contributed by atoms with Crippen molar-refractivity contribution in [3.63, 3.8) is 0 Å². The van der Waals surface area contributed by atoms with Crippen molar-refractivity contribution in [1.82, 2.24) is 10.3 Å². The fourth-order valence-corrected chi connectivity index (χ4v) is 3.72. The van der Waals surface area contributed by atoms with Gasteiger partial charge in [-0.2, -0.15) is 11.8 Å². The van der Waals surface area contributed by atoms with E-state index in [0.29, 0.717) is 6.54 Å². The molecule has 2 heterocycles. The summed E-state index contributed by atoms with van der Waals surface area (Å²) in [5.41, 5.74) is 2.65. The van der Waals surface area contributed by atoms with Gasteiger partial charge in [0, 0.05) is 18.0 Å². The molecule has 1 N–H and O–H groups in total.